The standard InChI is InChI=1S/C28H29ClN2O4/c1-17-25(28(33)34-2)26(18-7-9-20(10-8-18)31-11-13-35-14-12-31)27-23(30-17)15-19(16-24(27)32)21-5-3-4-6-22(21)29/h3-10,19,26,30H,11-16H2,1-2H3/t19-,26-/m1/s1. The molecule has 0 saturated carbocycles. The lowest BCUT2D eigenvalue weighted by atomic mass is 9.71. The Balaban J connectivity index is 1.54. The van der Waals surface area contributed by atoms with Gasteiger partial charge in [0, 0.05) is 53.1 Å². The fourth-order valence-electron chi connectivity index (χ4n) is 5.48. The first kappa shape index (κ1) is 23.6. The lowest BCUT2D eigenvalue weighted by Gasteiger charge is -2.37. The second kappa shape index (κ2) is 9.88. The Bertz CT molecular complexity index is 1210. The number of allylic oxidation sites excluding steroid dienone is 3. The van der Waals surface area contributed by atoms with Gasteiger partial charge in [0.1, 0.15) is 0 Å². The van der Waals surface area contributed by atoms with E-state index in [9.17, 15) is 9.59 Å². The predicted octanol–water partition coefficient (Wildman–Crippen LogP) is 4.71. The molecular formula is C28H29ClN2O4. The van der Waals surface area contributed by atoms with Crippen LogP contribution in [-0.4, -0.2) is 45.2 Å². The Kier molecular flexibility index (Phi) is 6.67. The van der Waals surface area contributed by atoms with E-state index in [1.54, 1.807) is 0 Å². The van der Waals surface area contributed by atoms with E-state index in [1.165, 1.54) is 7.11 Å². The van der Waals surface area contributed by atoms with E-state index in [-0.39, 0.29) is 11.7 Å². The summed E-state index contributed by atoms with van der Waals surface area (Å²) in [6, 6.07) is 15.9. The van der Waals surface area contributed by atoms with Crippen LogP contribution in [0.25, 0.3) is 0 Å². The number of anilines is 1. The maximum absolute atomic E-state index is 13.6. The minimum atomic E-state index is -0.475. The molecule has 7 heteroatoms. The van der Waals surface area contributed by atoms with Crippen molar-refractivity contribution in [3.8, 4) is 0 Å². The summed E-state index contributed by atoms with van der Waals surface area (Å²) in [7, 11) is 1.38. The molecule has 0 aromatic heterocycles. The van der Waals surface area contributed by atoms with Crippen LogP contribution in [0.15, 0.2) is 71.1 Å². The Morgan fingerprint density at radius 3 is 2.49 bits per heavy atom. The van der Waals surface area contributed by atoms with Gasteiger partial charge in [0.15, 0.2) is 5.78 Å². The van der Waals surface area contributed by atoms with Crippen LogP contribution in [-0.2, 0) is 19.1 Å². The smallest absolute Gasteiger partial charge is 0.336 e. The fourth-order valence-corrected chi connectivity index (χ4v) is 5.77. The number of halogens is 1. The highest BCUT2D eigenvalue weighted by Crippen LogP contribution is 2.46. The zero-order valence-electron chi connectivity index (χ0n) is 20.0. The third kappa shape index (κ3) is 4.48. The molecule has 0 spiro atoms. The number of dihydropyridines is 1. The van der Waals surface area contributed by atoms with Crippen LogP contribution in [0.3, 0.4) is 0 Å². The molecule has 3 aliphatic rings. The summed E-state index contributed by atoms with van der Waals surface area (Å²) < 4.78 is 10.6. The average Bonchev–Trinajstić information content (AvgIpc) is 2.88. The van der Waals surface area contributed by atoms with Crippen molar-refractivity contribution >= 4 is 29.0 Å². The number of morpholine rings is 1. The Morgan fingerprint density at radius 2 is 1.80 bits per heavy atom. The molecule has 2 aromatic rings. The molecular weight excluding hydrogens is 464 g/mol. The molecule has 0 unspecified atom stereocenters. The minimum Gasteiger partial charge on any atom is -0.466 e. The van der Waals surface area contributed by atoms with Crippen molar-refractivity contribution in [1.82, 2.24) is 5.32 Å². The molecule has 0 radical (unpaired) electrons. The molecule has 2 aliphatic heterocycles. The number of benzene rings is 2. The fraction of sp³-hybridized carbons (Fsp3) is 0.357. The number of ether oxygens (including phenoxy) is 2. The number of methoxy groups -OCH3 is 1. The van der Waals surface area contributed by atoms with Crippen LogP contribution >= 0.6 is 11.6 Å². The normalized spacial score (nSPS) is 22.6. The third-order valence-corrected chi connectivity index (χ3v) is 7.52. The second-order valence-corrected chi connectivity index (χ2v) is 9.63. The highest BCUT2D eigenvalue weighted by Gasteiger charge is 2.41. The number of ketones is 1. The summed E-state index contributed by atoms with van der Waals surface area (Å²) in [6.07, 6.45) is 0.999. The summed E-state index contributed by atoms with van der Waals surface area (Å²) in [5.41, 5.74) is 5.69. The zero-order valence-corrected chi connectivity index (χ0v) is 20.7. The topological polar surface area (TPSA) is 67.9 Å². The van der Waals surface area contributed by atoms with Gasteiger partial charge in [-0.15, -0.1) is 0 Å². The number of Topliss-reactive ketones (excluding diaryl/α,β-unsaturated/α-hetero) is 1. The van der Waals surface area contributed by atoms with E-state index in [0.717, 1.165) is 35.6 Å². The van der Waals surface area contributed by atoms with Crippen LogP contribution in [0.1, 0.15) is 42.7 Å². The van der Waals surface area contributed by atoms with Crippen molar-refractivity contribution in [1.29, 1.82) is 0 Å². The van der Waals surface area contributed by atoms with Gasteiger partial charge in [0.05, 0.1) is 25.9 Å². The molecule has 2 aromatic carbocycles. The number of nitrogens with zero attached hydrogens (tertiary/aromatic N) is 1. The SMILES string of the molecule is COC(=O)C1=C(C)NC2=C(C(=O)C[C@H](c3ccccc3Cl)C2)[C@@H]1c1ccc(N2CCOCC2)cc1. The maximum Gasteiger partial charge on any atom is 0.336 e. The average molecular weight is 493 g/mol. The van der Waals surface area contributed by atoms with Crippen LogP contribution in [0.5, 0.6) is 0 Å². The number of hydrogen-bond donors (Lipinski definition) is 1. The molecule has 2 atom stereocenters. The first-order valence-electron chi connectivity index (χ1n) is 12.0. The second-order valence-electron chi connectivity index (χ2n) is 9.22. The highest BCUT2D eigenvalue weighted by atomic mass is 35.5. The summed E-state index contributed by atoms with van der Waals surface area (Å²) in [6.45, 7) is 4.98. The molecule has 35 heavy (non-hydrogen) atoms. The molecule has 1 saturated heterocycles. The maximum atomic E-state index is 13.6. The zero-order chi connectivity index (χ0) is 24.5. The molecule has 0 bridgehead atoms. The van der Waals surface area contributed by atoms with Gasteiger partial charge in [0.25, 0.3) is 0 Å². The van der Waals surface area contributed by atoms with E-state index >= 15 is 0 Å². The lowest BCUT2D eigenvalue weighted by molar-refractivity contribution is -0.136. The summed E-state index contributed by atoms with van der Waals surface area (Å²) in [5.74, 6) is -0.888. The highest BCUT2D eigenvalue weighted by molar-refractivity contribution is 6.31. The van der Waals surface area contributed by atoms with Gasteiger partial charge in [-0.05, 0) is 48.6 Å². The first-order valence-corrected chi connectivity index (χ1v) is 12.3. The predicted molar refractivity (Wildman–Crippen MR) is 136 cm³/mol. The molecule has 1 aliphatic carbocycles. The van der Waals surface area contributed by atoms with Crippen LogP contribution in [0.2, 0.25) is 5.02 Å². The Morgan fingerprint density at radius 1 is 1.09 bits per heavy atom. The van der Waals surface area contributed by atoms with E-state index in [4.69, 9.17) is 21.1 Å². The van der Waals surface area contributed by atoms with Crippen molar-refractivity contribution < 1.29 is 19.1 Å². The molecule has 5 rings (SSSR count). The Hall–Kier alpha value is -3.09. The van der Waals surface area contributed by atoms with Crippen molar-refractivity contribution in [3.05, 3.63) is 87.2 Å². The van der Waals surface area contributed by atoms with E-state index in [0.29, 0.717) is 47.9 Å². The summed E-state index contributed by atoms with van der Waals surface area (Å²) in [5, 5.41) is 4.04. The van der Waals surface area contributed by atoms with Crippen LogP contribution in [0, 0.1) is 0 Å². The van der Waals surface area contributed by atoms with Gasteiger partial charge in [-0.2, -0.15) is 0 Å². The largest absolute Gasteiger partial charge is 0.466 e. The number of rotatable bonds is 4. The van der Waals surface area contributed by atoms with Crippen LogP contribution < -0.4 is 10.2 Å². The monoisotopic (exact) mass is 492 g/mol. The number of carbonyl (C=O) groups is 2. The molecule has 6 nitrogen and oxygen atoms in total. The molecule has 1 fully saturated rings. The number of esters is 1. The molecule has 2 heterocycles. The van der Waals surface area contributed by atoms with Gasteiger partial charge in [0.2, 0.25) is 0 Å². The number of carbonyl (C=O) groups excluding carboxylic acids is 2. The molecule has 182 valence electrons. The van der Waals surface area contributed by atoms with Gasteiger partial charge >= 0.3 is 5.97 Å². The summed E-state index contributed by atoms with van der Waals surface area (Å²) in [4.78, 5) is 28.8. The van der Waals surface area contributed by atoms with Gasteiger partial charge in [-0.3, -0.25) is 4.79 Å². The van der Waals surface area contributed by atoms with Crippen molar-refractivity contribution in [2.24, 2.45) is 0 Å². The van der Waals surface area contributed by atoms with Crippen molar-refractivity contribution in [3.63, 3.8) is 0 Å². The van der Waals surface area contributed by atoms with Gasteiger partial charge in [-0.1, -0.05) is 41.9 Å². The van der Waals surface area contributed by atoms with E-state index < -0.39 is 11.9 Å². The number of hydrogen-bond acceptors (Lipinski definition) is 6. The molecule has 1 N–H and O–H groups in total. The quantitative estimate of drug-likeness (QED) is 0.623. The van der Waals surface area contributed by atoms with Gasteiger partial charge < -0.3 is 19.7 Å². The summed E-state index contributed by atoms with van der Waals surface area (Å²) >= 11 is 6.47. The minimum absolute atomic E-state index is 0.0146. The van der Waals surface area contributed by atoms with E-state index in [2.05, 4.69) is 22.3 Å². The van der Waals surface area contributed by atoms with E-state index in [1.807, 2.05) is 43.3 Å². The third-order valence-electron chi connectivity index (χ3n) is 7.18. The van der Waals surface area contributed by atoms with Crippen molar-refractivity contribution in [2.45, 2.75) is 31.6 Å². The molecule has 0 amide bonds. The van der Waals surface area contributed by atoms with Gasteiger partial charge in [-0.25, -0.2) is 4.79 Å². The van der Waals surface area contributed by atoms with Crippen LogP contribution in [0.4, 0.5) is 5.69 Å². The first-order chi connectivity index (χ1) is 17.0. The number of nitrogens with one attached hydrogen (secondary N) is 1. The van der Waals surface area contributed by atoms with Crippen molar-refractivity contribution in [2.75, 3.05) is 38.3 Å². The lowest BCUT2D eigenvalue weighted by Crippen LogP contribution is -2.36. The Labute approximate surface area is 210 Å².